The highest BCUT2D eigenvalue weighted by molar-refractivity contribution is 5.92. The molecule has 0 heterocycles. The number of nitrogens with zero attached hydrogens (tertiary/aromatic N) is 1. The van der Waals surface area contributed by atoms with Crippen LogP contribution in [0.3, 0.4) is 0 Å². The number of rotatable bonds is 2. The van der Waals surface area contributed by atoms with Crippen molar-refractivity contribution in [3.05, 3.63) is 30.3 Å². The maximum Gasteiger partial charge on any atom is 0.192 e. The van der Waals surface area contributed by atoms with Crippen molar-refractivity contribution in [2.75, 3.05) is 11.4 Å². The summed E-state index contributed by atoms with van der Waals surface area (Å²) in [5, 5.41) is 7.29. The Labute approximate surface area is 84.5 Å². The van der Waals surface area contributed by atoms with Crippen LogP contribution in [0.15, 0.2) is 30.3 Å². The van der Waals surface area contributed by atoms with E-state index in [-0.39, 0.29) is 18.4 Å². The molecule has 0 aromatic heterocycles. The van der Waals surface area contributed by atoms with Crippen molar-refractivity contribution in [1.29, 1.82) is 5.41 Å². The molecule has 72 valence electrons. The molecule has 3 nitrogen and oxygen atoms in total. The highest BCUT2D eigenvalue weighted by atomic mass is 35.5. The molecule has 0 radical (unpaired) electrons. The minimum absolute atomic E-state index is 0. The molecule has 1 aromatic carbocycles. The van der Waals surface area contributed by atoms with Gasteiger partial charge in [-0.15, -0.1) is 12.4 Å². The Morgan fingerprint density at radius 1 is 1.38 bits per heavy atom. The summed E-state index contributed by atoms with van der Waals surface area (Å²) in [5.41, 5.74) is 6.35. The lowest BCUT2D eigenvalue weighted by Gasteiger charge is -2.20. The summed E-state index contributed by atoms with van der Waals surface area (Å²) < 4.78 is 0. The molecule has 1 aromatic rings. The summed E-state index contributed by atoms with van der Waals surface area (Å²) in [6.07, 6.45) is 0. The Bertz CT molecular complexity index is 261. The summed E-state index contributed by atoms with van der Waals surface area (Å²) in [6, 6.07) is 9.68. The van der Waals surface area contributed by atoms with E-state index in [1.165, 1.54) is 0 Å². The first-order valence-corrected chi connectivity index (χ1v) is 3.92. The molecule has 0 aliphatic rings. The summed E-state index contributed by atoms with van der Waals surface area (Å²) in [7, 11) is 0. The van der Waals surface area contributed by atoms with Crippen molar-refractivity contribution in [3.8, 4) is 0 Å². The third-order valence-corrected chi connectivity index (χ3v) is 1.67. The van der Waals surface area contributed by atoms with Crippen LogP contribution in [0, 0.1) is 5.41 Å². The summed E-state index contributed by atoms with van der Waals surface area (Å²) in [6.45, 7) is 2.69. The molecule has 0 amide bonds. The number of hydrogen-bond donors (Lipinski definition) is 2. The Kier molecular flexibility index (Phi) is 4.92. The molecule has 0 unspecified atom stereocenters. The number of nitrogens with two attached hydrogens (primary N) is 1. The zero-order valence-corrected chi connectivity index (χ0v) is 8.34. The predicted molar refractivity (Wildman–Crippen MR) is 58.6 cm³/mol. The minimum atomic E-state index is 0. The maximum atomic E-state index is 7.29. The molecule has 0 saturated carbocycles. The molecule has 1 rings (SSSR count). The van der Waals surface area contributed by atoms with Crippen molar-refractivity contribution in [2.45, 2.75) is 6.92 Å². The second-order valence-electron chi connectivity index (χ2n) is 2.47. The van der Waals surface area contributed by atoms with E-state index in [1.807, 2.05) is 37.3 Å². The zero-order chi connectivity index (χ0) is 8.97. The Balaban J connectivity index is 0.00000144. The fraction of sp³-hybridized carbons (Fsp3) is 0.222. The van der Waals surface area contributed by atoms with Gasteiger partial charge in [-0.1, -0.05) is 18.2 Å². The topological polar surface area (TPSA) is 53.1 Å². The maximum absolute atomic E-state index is 7.29. The van der Waals surface area contributed by atoms with Crippen LogP contribution in [-0.4, -0.2) is 12.5 Å². The molecule has 0 spiro atoms. The minimum Gasteiger partial charge on any atom is -0.370 e. The molecule has 3 N–H and O–H groups in total. The van der Waals surface area contributed by atoms with Gasteiger partial charge in [-0.2, -0.15) is 0 Å². The molecular formula is C9H14ClN3. The fourth-order valence-electron chi connectivity index (χ4n) is 1.10. The lowest BCUT2D eigenvalue weighted by molar-refractivity contribution is 1.03. The van der Waals surface area contributed by atoms with E-state index in [0.29, 0.717) is 0 Å². The SMILES string of the molecule is CCN(C(=N)N)c1ccccc1.Cl. The van der Waals surface area contributed by atoms with Crippen LogP contribution in [-0.2, 0) is 0 Å². The van der Waals surface area contributed by atoms with Crippen molar-refractivity contribution in [3.63, 3.8) is 0 Å². The molecule has 4 heteroatoms. The first-order valence-electron chi connectivity index (χ1n) is 3.92. The second kappa shape index (κ2) is 5.43. The van der Waals surface area contributed by atoms with Gasteiger partial charge in [0.1, 0.15) is 0 Å². The van der Waals surface area contributed by atoms with Crippen molar-refractivity contribution >= 4 is 24.1 Å². The number of anilines is 1. The molecule has 0 aliphatic carbocycles. The molecule has 0 bridgehead atoms. The van der Waals surface area contributed by atoms with Crippen molar-refractivity contribution < 1.29 is 0 Å². The highest BCUT2D eigenvalue weighted by Crippen LogP contribution is 2.11. The first-order chi connectivity index (χ1) is 5.75. The van der Waals surface area contributed by atoms with Crippen LogP contribution >= 0.6 is 12.4 Å². The largest absolute Gasteiger partial charge is 0.370 e. The summed E-state index contributed by atoms with van der Waals surface area (Å²) >= 11 is 0. The van der Waals surface area contributed by atoms with Crippen LogP contribution in [0.2, 0.25) is 0 Å². The average Bonchev–Trinajstić information content (AvgIpc) is 2.07. The number of guanidine groups is 1. The van der Waals surface area contributed by atoms with Crippen LogP contribution in [0.1, 0.15) is 6.92 Å². The molecule has 0 saturated heterocycles. The van der Waals surface area contributed by atoms with Gasteiger partial charge in [-0.05, 0) is 19.1 Å². The third-order valence-electron chi connectivity index (χ3n) is 1.67. The van der Waals surface area contributed by atoms with Crippen LogP contribution in [0.4, 0.5) is 5.69 Å². The highest BCUT2D eigenvalue weighted by Gasteiger charge is 2.04. The zero-order valence-electron chi connectivity index (χ0n) is 7.53. The van der Waals surface area contributed by atoms with E-state index in [9.17, 15) is 0 Å². The van der Waals surface area contributed by atoms with E-state index < -0.39 is 0 Å². The van der Waals surface area contributed by atoms with Crippen molar-refractivity contribution in [1.82, 2.24) is 0 Å². The molecule has 0 aliphatic heterocycles. The third kappa shape index (κ3) is 2.95. The number of hydrogen-bond acceptors (Lipinski definition) is 1. The van der Waals surface area contributed by atoms with E-state index in [1.54, 1.807) is 4.90 Å². The van der Waals surface area contributed by atoms with E-state index >= 15 is 0 Å². The van der Waals surface area contributed by atoms with Crippen LogP contribution in [0.25, 0.3) is 0 Å². The number of para-hydroxylation sites is 1. The van der Waals surface area contributed by atoms with Gasteiger partial charge >= 0.3 is 0 Å². The lowest BCUT2D eigenvalue weighted by Crippen LogP contribution is -2.36. The van der Waals surface area contributed by atoms with Gasteiger partial charge in [-0.25, -0.2) is 0 Å². The van der Waals surface area contributed by atoms with Crippen molar-refractivity contribution in [2.24, 2.45) is 5.73 Å². The predicted octanol–water partition coefficient (Wildman–Crippen LogP) is 1.83. The summed E-state index contributed by atoms with van der Waals surface area (Å²) in [4.78, 5) is 1.74. The second-order valence-corrected chi connectivity index (χ2v) is 2.47. The van der Waals surface area contributed by atoms with Gasteiger partial charge in [0, 0.05) is 12.2 Å². The summed E-state index contributed by atoms with van der Waals surface area (Å²) in [5.74, 6) is 0.0868. The van der Waals surface area contributed by atoms with E-state index in [4.69, 9.17) is 11.1 Å². The van der Waals surface area contributed by atoms with Gasteiger partial charge in [0.2, 0.25) is 0 Å². The average molecular weight is 200 g/mol. The number of nitrogens with one attached hydrogen (secondary N) is 1. The van der Waals surface area contributed by atoms with E-state index in [2.05, 4.69) is 0 Å². The normalized spacial score (nSPS) is 8.69. The van der Waals surface area contributed by atoms with Gasteiger partial charge in [0.15, 0.2) is 5.96 Å². The van der Waals surface area contributed by atoms with E-state index in [0.717, 1.165) is 12.2 Å². The monoisotopic (exact) mass is 199 g/mol. The lowest BCUT2D eigenvalue weighted by atomic mass is 10.3. The number of benzene rings is 1. The van der Waals surface area contributed by atoms with Gasteiger partial charge < -0.3 is 10.6 Å². The molecule has 0 fully saturated rings. The fourth-order valence-corrected chi connectivity index (χ4v) is 1.10. The Morgan fingerprint density at radius 3 is 2.31 bits per heavy atom. The first kappa shape index (κ1) is 11.8. The van der Waals surface area contributed by atoms with Crippen LogP contribution in [0.5, 0.6) is 0 Å². The molecular weight excluding hydrogens is 186 g/mol. The van der Waals surface area contributed by atoms with Gasteiger partial charge in [0.05, 0.1) is 0 Å². The molecule has 0 atom stereocenters. The van der Waals surface area contributed by atoms with Crippen LogP contribution < -0.4 is 10.6 Å². The molecule has 13 heavy (non-hydrogen) atoms. The van der Waals surface area contributed by atoms with Gasteiger partial charge in [0.25, 0.3) is 0 Å². The Hall–Kier alpha value is -1.22. The van der Waals surface area contributed by atoms with Gasteiger partial charge in [-0.3, -0.25) is 5.41 Å². The number of halogens is 1. The standard InChI is InChI=1S/C9H13N3.ClH/c1-2-12(9(10)11)8-6-4-3-5-7-8;/h3-7H,2H2,1H3,(H3,10,11);1H. The Morgan fingerprint density at radius 2 is 1.92 bits per heavy atom. The smallest absolute Gasteiger partial charge is 0.192 e. The quantitative estimate of drug-likeness (QED) is 0.564.